The molecule has 0 saturated carbocycles. The number of anilines is 1. The number of benzene rings is 1. The number of nitrogens with one attached hydrogen (secondary N) is 1. The van der Waals surface area contributed by atoms with Crippen molar-refractivity contribution in [2.24, 2.45) is 5.92 Å². The molecular weight excluding hydrogens is 290 g/mol. The van der Waals surface area contributed by atoms with Crippen LogP contribution >= 0.6 is 11.6 Å². The molecule has 5 nitrogen and oxygen atoms in total. The van der Waals surface area contributed by atoms with Crippen molar-refractivity contribution in [3.05, 3.63) is 29.3 Å². The number of piperidine rings is 1. The zero-order chi connectivity index (χ0) is 15.4. The van der Waals surface area contributed by atoms with Gasteiger partial charge in [0.2, 0.25) is 5.91 Å². The summed E-state index contributed by atoms with van der Waals surface area (Å²) >= 11 is 5.81. The van der Waals surface area contributed by atoms with Crippen LogP contribution in [0.3, 0.4) is 0 Å². The highest BCUT2D eigenvalue weighted by Gasteiger charge is 2.27. The summed E-state index contributed by atoms with van der Waals surface area (Å²) < 4.78 is 0. The Balaban J connectivity index is 1.86. The van der Waals surface area contributed by atoms with E-state index in [9.17, 15) is 9.59 Å². The fourth-order valence-electron chi connectivity index (χ4n) is 2.39. The first kappa shape index (κ1) is 15.6. The van der Waals surface area contributed by atoms with Crippen LogP contribution in [0.2, 0.25) is 5.02 Å². The van der Waals surface area contributed by atoms with E-state index in [4.69, 9.17) is 11.6 Å². The van der Waals surface area contributed by atoms with Crippen LogP contribution in [0.5, 0.6) is 0 Å². The molecule has 1 aliphatic rings. The molecule has 1 aromatic rings. The molecule has 0 aromatic heterocycles. The molecule has 1 aliphatic heterocycles. The van der Waals surface area contributed by atoms with Crippen molar-refractivity contribution in [3.8, 4) is 0 Å². The van der Waals surface area contributed by atoms with Gasteiger partial charge < -0.3 is 15.1 Å². The highest BCUT2D eigenvalue weighted by Crippen LogP contribution is 2.21. The third-order valence-corrected chi connectivity index (χ3v) is 3.88. The molecule has 0 spiro atoms. The molecule has 1 aromatic carbocycles. The van der Waals surface area contributed by atoms with E-state index in [1.54, 1.807) is 48.2 Å². The molecule has 1 N–H and O–H groups in total. The van der Waals surface area contributed by atoms with E-state index < -0.39 is 0 Å². The van der Waals surface area contributed by atoms with E-state index in [2.05, 4.69) is 5.32 Å². The summed E-state index contributed by atoms with van der Waals surface area (Å²) in [6.07, 6.45) is 1.39. The summed E-state index contributed by atoms with van der Waals surface area (Å²) in [6.45, 7) is 1.24. The highest BCUT2D eigenvalue weighted by atomic mass is 35.5. The van der Waals surface area contributed by atoms with Gasteiger partial charge in [-0.3, -0.25) is 4.79 Å². The first-order chi connectivity index (χ1) is 9.97. The highest BCUT2D eigenvalue weighted by molar-refractivity contribution is 6.30. The Hall–Kier alpha value is -1.75. The maximum atomic E-state index is 12.2. The molecule has 1 fully saturated rings. The SMILES string of the molecule is CN(C)C(=O)N1CCC(C(=O)Nc2ccc(Cl)cc2)CC1. The molecule has 6 heteroatoms. The Labute approximate surface area is 129 Å². The predicted molar refractivity (Wildman–Crippen MR) is 83.5 cm³/mol. The average Bonchev–Trinajstić information content (AvgIpc) is 2.49. The number of amides is 3. The molecule has 0 unspecified atom stereocenters. The Kier molecular flexibility index (Phi) is 5.07. The number of carbonyl (C=O) groups excluding carboxylic acids is 2. The molecule has 0 radical (unpaired) electrons. The van der Waals surface area contributed by atoms with Gasteiger partial charge in [0.25, 0.3) is 0 Å². The molecular formula is C15H20ClN3O2. The van der Waals surface area contributed by atoms with Gasteiger partial charge in [0.15, 0.2) is 0 Å². The Bertz CT molecular complexity index is 508. The minimum absolute atomic E-state index is 0.00607. The lowest BCUT2D eigenvalue weighted by Crippen LogP contribution is -2.45. The van der Waals surface area contributed by atoms with Gasteiger partial charge in [-0.1, -0.05) is 11.6 Å². The summed E-state index contributed by atoms with van der Waals surface area (Å²) in [4.78, 5) is 27.4. The second-order valence-electron chi connectivity index (χ2n) is 5.43. The normalized spacial score (nSPS) is 15.7. The lowest BCUT2D eigenvalue weighted by Gasteiger charge is -2.33. The van der Waals surface area contributed by atoms with Crippen molar-refractivity contribution < 1.29 is 9.59 Å². The molecule has 2 rings (SSSR count). The van der Waals surface area contributed by atoms with Crippen molar-refractivity contribution in [2.45, 2.75) is 12.8 Å². The molecule has 1 heterocycles. The van der Waals surface area contributed by atoms with E-state index >= 15 is 0 Å². The predicted octanol–water partition coefficient (Wildman–Crippen LogP) is 2.67. The van der Waals surface area contributed by atoms with Crippen LogP contribution in [0, 0.1) is 5.92 Å². The van der Waals surface area contributed by atoms with Gasteiger partial charge in [0.1, 0.15) is 0 Å². The fourth-order valence-corrected chi connectivity index (χ4v) is 2.52. The third kappa shape index (κ3) is 4.11. The zero-order valence-corrected chi connectivity index (χ0v) is 13.1. The number of nitrogens with zero attached hydrogens (tertiary/aromatic N) is 2. The molecule has 3 amide bonds. The molecule has 114 valence electrons. The van der Waals surface area contributed by atoms with E-state index in [0.717, 1.165) is 5.69 Å². The third-order valence-electron chi connectivity index (χ3n) is 3.63. The summed E-state index contributed by atoms with van der Waals surface area (Å²) in [5.74, 6) is -0.0406. The molecule has 0 bridgehead atoms. The van der Waals surface area contributed by atoms with Crippen molar-refractivity contribution in [3.63, 3.8) is 0 Å². The number of halogens is 1. The molecule has 0 aliphatic carbocycles. The van der Waals surface area contributed by atoms with E-state index in [-0.39, 0.29) is 17.9 Å². The molecule has 1 saturated heterocycles. The van der Waals surface area contributed by atoms with E-state index in [1.165, 1.54) is 0 Å². The number of urea groups is 1. The number of likely N-dealkylation sites (tertiary alicyclic amines) is 1. The first-order valence-electron chi connectivity index (χ1n) is 7.00. The van der Waals surface area contributed by atoms with Crippen molar-refractivity contribution >= 4 is 29.2 Å². The van der Waals surface area contributed by atoms with Crippen LogP contribution in [-0.4, -0.2) is 48.9 Å². The average molecular weight is 310 g/mol. The van der Waals surface area contributed by atoms with Crippen molar-refractivity contribution in [1.29, 1.82) is 0 Å². The lowest BCUT2D eigenvalue weighted by atomic mass is 9.96. The van der Waals surface area contributed by atoms with Crippen LogP contribution < -0.4 is 5.32 Å². The Morgan fingerprint density at radius 1 is 1.19 bits per heavy atom. The number of rotatable bonds is 2. The monoisotopic (exact) mass is 309 g/mol. The Morgan fingerprint density at radius 2 is 1.76 bits per heavy atom. The van der Waals surface area contributed by atoms with Crippen molar-refractivity contribution in [2.75, 3.05) is 32.5 Å². The van der Waals surface area contributed by atoms with Crippen LogP contribution in [0.15, 0.2) is 24.3 Å². The van der Waals surface area contributed by atoms with Crippen LogP contribution in [0.1, 0.15) is 12.8 Å². The number of hydrogen-bond donors (Lipinski definition) is 1. The van der Waals surface area contributed by atoms with Gasteiger partial charge >= 0.3 is 6.03 Å². The topological polar surface area (TPSA) is 52.7 Å². The van der Waals surface area contributed by atoms with E-state index in [0.29, 0.717) is 31.0 Å². The summed E-state index contributed by atoms with van der Waals surface area (Å²) in [5, 5.41) is 3.54. The minimum atomic E-state index is -0.0492. The summed E-state index contributed by atoms with van der Waals surface area (Å²) in [6, 6.07) is 7.06. The molecule has 21 heavy (non-hydrogen) atoms. The largest absolute Gasteiger partial charge is 0.331 e. The maximum Gasteiger partial charge on any atom is 0.319 e. The second kappa shape index (κ2) is 6.80. The summed E-state index contributed by atoms with van der Waals surface area (Å²) in [5.41, 5.74) is 0.746. The number of carbonyl (C=O) groups is 2. The van der Waals surface area contributed by atoms with Crippen LogP contribution in [-0.2, 0) is 4.79 Å². The first-order valence-corrected chi connectivity index (χ1v) is 7.38. The van der Waals surface area contributed by atoms with Gasteiger partial charge in [-0.15, -0.1) is 0 Å². The summed E-state index contributed by atoms with van der Waals surface area (Å²) in [7, 11) is 3.48. The quantitative estimate of drug-likeness (QED) is 0.913. The minimum Gasteiger partial charge on any atom is -0.331 e. The number of hydrogen-bond acceptors (Lipinski definition) is 2. The van der Waals surface area contributed by atoms with Crippen LogP contribution in [0.25, 0.3) is 0 Å². The van der Waals surface area contributed by atoms with E-state index in [1.807, 2.05) is 0 Å². The smallest absolute Gasteiger partial charge is 0.319 e. The zero-order valence-electron chi connectivity index (χ0n) is 12.3. The van der Waals surface area contributed by atoms with Crippen molar-refractivity contribution in [1.82, 2.24) is 9.80 Å². The van der Waals surface area contributed by atoms with Gasteiger partial charge in [-0.05, 0) is 37.1 Å². The standard InChI is InChI=1S/C15H20ClN3O2/c1-18(2)15(21)19-9-7-11(8-10-19)14(20)17-13-5-3-12(16)4-6-13/h3-6,11H,7-10H2,1-2H3,(H,17,20). The molecule has 0 atom stereocenters. The maximum absolute atomic E-state index is 12.2. The fraction of sp³-hybridized carbons (Fsp3) is 0.467. The van der Waals surface area contributed by atoms with Gasteiger partial charge in [-0.25, -0.2) is 4.79 Å². The van der Waals surface area contributed by atoms with Gasteiger partial charge in [0, 0.05) is 43.8 Å². The lowest BCUT2D eigenvalue weighted by molar-refractivity contribution is -0.121. The Morgan fingerprint density at radius 3 is 2.29 bits per heavy atom. The van der Waals surface area contributed by atoms with Gasteiger partial charge in [-0.2, -0.15) is 0 Å². The van der Waals surface area contributed by atoms with Gasteiger partial charge in [0.05, 0.1) is 0 Å². The van der Waals surface area contributed by atoms with Crippen LogP contribution in [0.4, 0.5) is 10.5 Å². The second-order valence-corrected chi connectivity index (χ2v) is 5.87.